The minimum atomic E-state index is -3.90. The van der Waals surface area contributed by atoms with Crippen molar-refractivity contribution in [3.8, 4) is 0 Å². The number of nitrogens with one attached hydrogen (secondary N) is 1. The first-order valence-electron chi connectivity index (χ1n) is 7.84. The average Bonchev–Trinajstić information content (AvgIpc) is 3.07. The van der Waals surface area contributed by atoms with Gasteiger partial charge in [0.2, 0.25) is 10.0 Å². The molecule has 0 saturated carbocycles. The summed E-state index contributed by atoms with van der Waals surface area (Å²) < 4.78 is 34.5. The van der Waals surface area contributed by atoms with E-state index >= 15 is 0 Å². The Morgan fingerprint density at radius 3 is 2.73 bits per heavy atom. The monoisotopic (exact) mass is 400 g/mol. The van der Waals surface area contributed by atoms with Gasteiger partial charge >= 0.3 is 5.97 Å². The summed E-state index contributed by atoms with van der Waals surface area (Å²) in [5.41, 5.74) is 0.0297. The number of carbonyl (C=O) groups excluding carboxylic acids is 1. The van der Waals surface area contributed by atoms with Gasteiger partial charge in [-0.2, -0.15) is 4.31 Å². The van der Waals surface area contributed by atoms with Crippen LogP contribution >= 0.6 is 12.4 Å². The van der Waals surface area contributed by atoms with E-state index in [0.29, 0.717) is 18.9 Å². The van der Waals surface area contributed by atoms with Gasteiger partial charge in [-0.25, -0.2) is 18.2 Å². The lowest BCUT2D eigenvalue weighted by atomic mass is 10.2. The summed E-state index contributed by atoms with van der Waals surface area (Å²) in [4.78, 5) is 16.2. The molecule has 1 aliphatic heterocycles. The van der Waals surface area contributed by atoms with Crippen molar-refractivity contribution < 1.29 is 17.9 Å². The normalized spacial score (nSPS) is 18.2. The van der Waals surface area contributed by atoms with Crippen molar-refractivity contribution in [3.63, 3.8) is 0 Å². The summed E-state index contributed by atoms with van der Waals surface area (Å²) >= 11 is 0. The van der Waals surface area contributed by atoms with Crippen LogP contribution in [0.2, 0.25) is 0 Å². The maximum atomic E-state index is 13.3. The summed E-state index contributed by atoms with van der Waals surface area (Å²) in [7, 11) is -0.848. The molecule has 1 atom stereocenters. The number of sulfonamides is 1. The molecule has 0 bridgehead atoms. The average molecular weight is 401 g/mol. The van der Waals surface area contributed by atoms with Crippen molar-refractivity contribution in [3.05, 3.63) is 48.0 Å². The number of piperazine rings is 1. The van der Waals surface area contributed by atoms with Gasteiger partial charge in [0.05, 0.1) is 23.6 Å². The predicted molar refractivity (Wildman–Crippen MR) is 97.7 cm³/mol. The summed E-state index contributed by atoms with van der Waals surface area (Å²) in [6.45, 7) is 1.26. The van der Waals surface area contributed by atoms with Gasteiger partial charge < -0.3 is 14.6 Å². The van der Waals surface area contributed by atoms with Gasteiger partial charge in [0.25, 0.3) is 0 Å². The number of aromatic nitrogens is 2. The fourth-order valence-electron chi connectivity index (χ4n) is 2.99. The van der Waals surface area contributed by atoms with Crippen molar-refractivity contribution in [1.29, 1.82) is 0 Å². The number of carbonyl (C=O) groups is 1. The Kier molecular flexibility index (Phi) is 6.40. The molecule has 3 rings (SSSR count). The van der Waals surface area contributed by atoms with Crippen molar-refractivity contribution in [2.45, 2.75) is 10.9 Å². The fourth-order valence-corrected chi connectivity index (χ4v) is 4.76. The van der Waals surface area contributed by atoms with Gasteiger partial charge in [-0.1, -0.05) is 12.1 Å². The molecular weight excluding hydrogens is 380 g/mol. The van der Waals surface area contributed by atoms with E-state index in [1.807, 2.05) is 7.05 Å². The molecule has 1 unspecified atom stereocenters. The third-order valence-electron chi connectivity index (χ3n) is 4.23. The van der Waals surface area contributed by atoms with E-state index in [2.05, 4.69) is 10.3 Å². The van der Waals surface area contributed by atoms with E-state index in [1.165, 1.54) is 23.5 Å². The number of hydrogen-bond acceptors (Lipinski definition) is 6. The second kappa shape index (κ2) is 8.17. The molecule has 8 nitrogen and oxygen atoms in total. The predicted octanol–water partition coefficient (Wildman–Crippen LogP) is 0.964. The minimum absolute atomic E-state index is 0. The molecule has 0 radical (unpaired) electrons. The van der Waals surface area contributed by atoms with E-state index in [9.17, 15) is 13.2 Å². The number of ether oxygens (including phenoxy) is 1. The number of nitrogens with zero attached hydrogens (tertiary/aromatic N) is 3. The number of esters is 1. The zero-order valence-electron chi connectivity index (χ0n) is 14.5. The van der Waals surface area contributed by atoms with Crippen LogP contribution in [0, 0.1) is 0 Å². The highest BCUT2D eigenvalue weighted by Crippen LogP contribution is 2.29. The van der Waals surface area contributed by atoms with Gasteiger partial charge in [0, 0.05) is 39.1 Å². The molecule has 2 heterocycles. The Bertz CT molecular complexity index is 884. The standard InChI is InChI=1S/C16H20N4O4S.ClH/c1-19-9-8-18-15(19)13-11-17-7-10-20(13)25(22,23)14-6-4-3-5-12(14)16(21)24-2;/h3-6,8-9,13,17H,7,10-11H2,1-2H3;1H. The quantitative estimate of drug-likeness (QED) is 0.768. The third kappa shape index (κ3) is 3.61. The number of benzene rings is 1. The van der Waals surface area contributed by atoms with Crippen molar-refractivity contribution in [2.24, 2.45) is 7.05 Å². The largest absolute Gasteiger partial charge is 0.465 e. The van der Waals surface area contributed by atoms with Crippen molar-refractivity contribution >= 4 is 28.4 Å². The van der Waals surface area contributed by atoms with Crippen molar-refractivity contribution in [2.75, 3.05) is 26.7 Å². The third-order valence-corrected chi connectivity index (χ3v) is 6.20. The van der Waals surface area contributed by atoms with Gasteiger partial charge in [-0.15, -0.1) is 12.4 Å². The van der Waals surface area contributed by atoms with Crippen LogP contribution in [0.3, 0.4) is 0 Å². The lowest BCUT2D eigenvalue weighted by molar-refractivity contribution is 0.0596. The molecule has 26 heavy (non-hydrogen) atoms. The Hall–Kier alpha value is -1.94. The van der Waals surface area contributed by atoms with Crippen LogP contribution in [0.4, 0.5) is 0 Å². The lowest BCUT2D eigenvalue weighted by Gasteiger charge is -2.34. The molecule has 142 valence electrons. The number of aryl methyl sites for hydroxylation is 1. The lowest BCUT2D eigenvalue weighted by Crippen LogP contribution is -2.49. The zero-order chi connectivity index (χ0) is 18.0. The molecule has 1 aliphatic rings. The van der Waals surface area contributed by atoms with Gasteiger partial charge in [-0.3, -0.25) is 0 Å². The second-order valence-corrected chi connectivity index (χ2v) is 7.58. The second-order valence-electron chi connectivity index (χ2n) is 5.72. The Morgan fingerprint density at radius 2 is 2.08 bits per heavy atom. The molecule has 10 heteroatoms. The summed E-state index contributed by atoms with van der Waals surface area (Å²) in [5.74, 6) is -0.0332. The first-order valence-corrected chi connectivity index (χ1v) is 9.28. The molecule has 1 aromatic heterocycles. The Balaban J connectivity index is 0.00000243. The van der Waals surface area contributed by atoms with E-state index in [-0.39, 0.29) is 29.4 Å². The van der Waals surface area contributed by atoms with Gasteiger partial charge in [-0.05, 0) is 12.1 Å². The summed E-state index contributed by atoms with van der Waals surface area (Å²) in [6.07, 6.45) is 3.41. The number of imidazole rings is 1. The van der Waals surface area contributed by atoms with Crippen LogP contribution in [0.15, 0.2) is 41.6 Å². The highest BCUT2D eigenvalue weighted by molar-refractivity contribution is 7.89. The first kappa shape index (κ1) is 20.4. The molecule has 2 aromatic rings. The summed E-state index contributed by atoms with van der Waals surface area (Å²) in [5, 5.41) is 3.20. The SMILES string of the molecule is COC(=O)c1ccccc1S(=O)(=O)N1CCNCC1c1nccn1C.Cl. The number of rotatable bonds is 4. The maximum Gasteiger partial charge on any atom is 0.339 e. The number of halogens is 1. The Morgan fingerprint density at radius 1 is 1.35 bits per heavy atom. The van der Waals surface area contributed by atoms with Crippen LogP contribution in [0.25, 0.3) is 0 Å². The van der Waals surface area contributed by atoms with Gasteiger partial charge in [0.15, 0.2) is 0 Å². The van der Waals surface area contributed by atoms with Crippen LogP contribution in [0.5, 0.6) is 0 Å². The smallest absolute Gasteiger partial charge is 0.339 e. The molecule has 1 fully saturated rings. The molecule has 1 saturated heterocycles. The van der Waals surface area contributed by atoms with Crippen LogP contribution < -0.4 is 5.32 Å². The molecular formula is C16H21ClN4O4S. The molecule has 0 amide bonds. The minimum Gasteiger partial charge on any atom is -0.465 e. The molecule has 1 N–H and O–H groups in total. The van der Waals surface area contributed by atoms with Crippen LogP contribution in [-0.2, 0) is 21.8 Å². The van der Waals surface area contributed by atoms with Crippen LogP contribution in [-0.4, -0.2) is 55.0 Å². The van der Waals surface area contributed by atoms with E-state index in [4.69, 9.17) is 4.74 Å². The number of methoxy groups -OCH3 is 1. The first-order chi connectivity index (χ1) is 12.0. The fraction of sp³-hybridized carbons (Fsp3) is 0.375. The summed E-state index contributed by atoms with van der Waals surface area (Å²) in [6, 6.07) is 5.64. The maximum absolute atomic E-state index is 13.3. The van der Waals surface area contributed by atoms with E-state index in [0.717, 1.165) is 0 Å². The van der Waals surface area contributed by atoms with Gasteiger partial charge in [0.1, 0.15) is 5.82 Å². The van der Waals surface area contributed by atoms with Crippen LogP contribution in [0.1, 0.15) is 22.2 Å². The van der Waals surface area contributed by atoms with E-state index < -0.39 is 22.0 Å². The zero-order valence-corrected chi connectivity index (χ0v) is 16.1. The topological polar surface area (TPSA) is 93.5 Å². The molecule has 0 aliphatic carbocycles. The highest BCUT2D eigenvalue weighted by Gasteiger charge is 2.38. The number of hydrogen-bond donors (Lipinski definition) is 1. The van der Waals surface area contributed by atoms with E-state index in [1.54, 1.807) is 29.1 Å². The highest BCUT2D eigenvalue weighted by atomic mass is 35.5. The molecule has 1 aromatic carbocycles. The van der Waals surface area contributed by atoms with Crippen molar-refractivity contribution in [1.82, 2.24) is 19.2 Å². The molecule has 0 spiro atoms. The Labute approximate surface area is 158 Å².